The molecule has 1 aliphatic rings. The molecule has 5 nitrogen and oxygen atoms in total. The van der Waals surface area contributed by atoms with E-state index >= 15 is 0 Å². The van der Waals surface area contributed by atoms with Gasteiger partial charge in [-0.25, -0.2) is 9.97 Å². The lowest BCUT2D eigenvalue weighted by Gasteiger charge is -2.12. The number of likely N-dealkylation sites (tertiary alicyclic amines) is 1. The summed E-state index contributed by atoms with van der Waals surface area (Å²) in [7, 11) is 0. The number of aryl methyl sites for hydroxylation is 1. The molecule has 0 unspecified atom stereocenters. The molecule has 0 bridgehead atoms. The van der Waals surface area contributed by atoms with E-state index in [2.05, 4.69) is 9.97 Å². The number of amides is 2. The van der Waals surface area contributed by atoms with E-state index in [4.69, 9.17) is 0 Å². The fourth-order valence-electron chi connectivity index (χ4n) is 2.48. The van der Waals surface area contributed by atoms with Gasteiger partial charge in [0.15, 0.2) is 5.16 Å². The summed E-state index contributed by atoms with van der Waals surface area (Å²) in [6.07, 6.45) is 1.23. The molecular weight excluding hydrogens is 310 g/mol. The first-order chi connectivity index (χ1) is 11.1. The van der Waals surface area contributed by atoms with E-state index in [1.54, 1.807) is 0 Å². The number of hydrogen-bond donors (Lipinski definition) is 0. The Balaban J connectivity index is 1.72. The van der Waals surface area contributed by atoms with E-state index in [0.29, 0.717) is 18.1 Å². The normalized spacial score (nSPS) is 14.3. The molecule has 0 saturated carbocycles. The summed E-state index contributed by atoms with van der Waals surface area (Å²) in [6, 6.07) is 11.8. The molecule has 1 aromatic carbocycles. The highest BCUT2D eigenvalue weighted by Crippen LogP contribution is 2.22. The monoisotopic (exact) mass is 327 g/mol. The SMILES string of the molecule is Cc1cc(-c2ccccc2)nc(SCC(=O)N2CCCC2=O)n1. The minimum absolute atomic E-state index is 0.0780. The summed E-state index contributed by atoms with van der Waals surface area (Å²) in [5.74, 6) is -0.0572. The van der Waals surface area contributed by atoms with Crippen molar-refractivity contribution in [3.05, 3.63) is 42.1 Å². The van der Waals surface area contributed by atoms with E-state index in [-0.39, 0.29) is 17.6 Å². The quantitative estimate of drug-likeness (QED) is 0.638. The smallest absolute Gasteiger partial charge is 0.239 e. The number of rotatable bonds is 4. The highest BCUT2D eigenvalue weighted by atomic mass is 32.2. The number of aromatic nitrogens is 2. The first-order valence-corrected chi connectivity index (χ1v) is 8.49. The van der Waals surface area contributed by atoms with Gasteiger partial charge in [-0.3, -0.25) is 14.5 Å². The molecule has 6 heteroatoms. The van der Waals surface area contributed by atoms with Crippen molar-refractivity contribution in [1.29, 1.82) is 0 Å². The van der Waals surface area contributed by atoms with Crippen LogP contribution in [0.4, 0.5) is 0 Å². The molecule has 2 amide bonds. The van der Waals surface area contributed by atoms with E-state index in [1.165, 1.54) is 16.7 Å². The van der Waals surface area contributed by atoms with E-state index in [9.17, 15) is 9.59 Å². The molecule has 0 atom stereocenters. The minimum Gasteiger partial charge on any atom is -0.282 e. The van der Waals surface area contributed by atoms with Crippen molar-refractivity contribution in [3.63, 3.8) is 0 Å². The van der Waals surface area contributed by atoms with Crippen LogP contribution in [-0.4, -0.2) is 39.0 Å². The Bertz CT molecular complexity index is 734. The molecule has 1 aromatic heterocycles. The van der Waals surface area contributed by atoms with Gasteiger partial charge in [-0.2, -0.15) is 0 Å². The molecule has 118 valence electrons. The van der Waals surface area contributed by atoms with Crippen LogP contribution < -0.4 is 0 Å². The lowest BCUT2D eigenvalue weighted by atomic mass is 10.1. The summed E-state index contributed by atoms with van der Waals surface area (Å²) in [5, 5.41) is 0.559. The predicted octanol–water partition coefficient (Wildman–Crippen LogP) is 2.69. The van der Waals surface area contributed by atoms with Crippen LogP contribution in [0.1, 0.15) is 18.5 Å². The van der Waals surface area contributed by atoms with Gasteiger partial charge in [-0.1, -0.05) is 42.1 Å². The van der Waals surface area contributed by atoms with Gasteiger partial charge in [0.2, 0.25) is 11.8 Å². The van der Waals surface area contributed by atoms with Crippen LogP contribution in [0, 0.1) is 6.92 Å². The zero-order chi connectivity index (χ0) is 16.2. The largest absolute Gasteiger partial charge is 0.282 e. The van der Waals surface area contributed by atoms with Crippen molar-refractivity contribution in [2.24, 2.45) is 0 Å². The molecule has 3 rings (SSSR count). The molecule has 2 aromatic rings. The third kappa shape index (κ3) is 3.76. The summed E-state index contributed by atoms with van der Waals surface area (Å²) in [5.41, 5.74) is 2.71. The molecule has 0 radical (unpaired) electrons. The maximum Gasteiger partial charge on any atom is 0.239 e. The Labute approximate surface area is 139 Å². The topological polar surface area (TPSA) is 63.2 Å². The predicted molar refractivity (Wildman–Crippen MR) is 88.9 cm³/mol. The summed E-state index contributed by atoms with van der Waals surface area (Å²) >= 11 is 1.27. The number of nitrogens with zero attached hydrogens (tertiary/aromatic N) is 3. The van der Waals surface area contributed by atoms with Crippen LogP contribution in [0.5, 0.6) is 0 Å². The molecular formula is C17H17N3O2S. The van der Waals surface area contributed by atoms with Gasteiger partial charge in [0.1, 0.15) is 0 Å². The van der Waals surface area contributed by atoms with Gasteiger partial charge in [-0.05, 0) is 19.4 Å². The van der Waals surface area contributed by atoms with E-state index in [1.807, 2.05) is 43.3 Å². The molecule has 2 heterocycles. The Morgan fingerprint density at radius 3 is 2.74 bits per heavy atom. The Morgan fingerprint density at radius 1 is 1.26 bits per heavy atom. The van der Waals surface area contributed by atoms with Crippen LogP contribution in [0.25, 0.3) is 11.3 Å². The van der Waals surface area contributed by atoms with Gasteiger partial charge < -0.3 is 0 Å². The number of carbonyl (C=O) groups excluding carboxylic acids is 2. The Morgan fingerprint density at radius 2 is 2.04 bits per heavy atom. The van der Waals surface area contributed by atoms with E-state index < -0.39 is 0 Å². The lowest BCUT2D eigenvalue weighted by molar-refractivity contribution is -0.140. The van der Waals surface area contributed by atoms with Gasteiger partial charge in [0.05, 0.1) is 11.4 Å². The second kappa shape index (κ2) is 6.91. The maximum atomic E-state index is 12.1. The maximum absolute atomic E-state index is 12.1. The van der Waals surface area contributed by atoms with Crippen molar-refractivity contribution in [2.45, 2.75) is 24.9 Å². The average molecular weight is 327 g/mol. The van der Waals surface area contributed by atoms with Crippen molar-refractivity contribution in [1.82, 2.24) is 14.9 Å². The van der Waals surface area contributed by atoms with Crippen molar-refractivity contribution in [2.75, 3.05) is 12.3 Å². The highest BCUT2D eigenvalue weighted by Gasteiger charge is 2.26. The number of thioether (sulfide) groups is 1. The van der Waals surface area contributed by atoms with Crippen LogP contribution in [0.3, 0.4) is 0 Å². The van der Waals surface area contributed by atoms with Crippen LogP contribution in [0.15, 0.2) is 41.6 Å². The minimum atomic E-state index is -0.163. The summed E-state index contributed by atoms with van der Waals surface area (Å²) in [6.45, 7) is 2.44. The fraction of sp³-hybridized carbons (Fsp3) is 0.294. The molecule has 23 heavy (non-hydrogen) atoms. The Kier molecular flexibility index (Phi) is 4.71. The second-order valence-corrected chi connectivity index (χ2v) is 6.32. The summed E-state index contributed by atoms with van der Waals surface area (Å²) in [4.78, 5) is 33.9. The Hall–Kier alpha value is -2.21. The summed E-state index contributed by atoms with van der Waals surface area (Å²) < 4.78 is 0. The number of hydrogen-bond acceptors (Lipinski definition) is 5. The zero-order valence-electron chi connectivity index (χ0n) is 12.9. The highest BCUT2D eigenvalue weighted by molar-refractivity contribution is 7.99. The van der Waals surface area contributed by atoms with Crippen LogP contribution in [-0.2, 0) is 9.59 Å². The number of carbonyl (C=O) groups is 2. The van der Waals surface area contributed by atoms with Gasteiger partial charge >= 0.3 is 0 Å². The number of imide groups is 1. The van der Waals surface area contributed by atoms with Gasteiger partial charge in [-0.15, -0.1) is 0 Å². The third-order valence-corrected chi connectivity index (χ3v) is 4.43. The average Bonchev–Trinajstić information content (AvgIpc) is 2.99. The van der Waals surface area contributed by atoms with Crippen molar-refractivity contribution < 1.29 is 9.59 Å². The first-order valence-electron chi connectivity index (χ1n) is 7.50. The standard InChI is InChI=1S/C17H17N3O2S/c1-12-10-14(13-6-3-2-4-7-13)19-17(18-12)23-11-16(22)20-9-5-8-15(20)21/h2-4,6-7,10H,5,8-9,11H2,1H3. The van der Waals surface area contributed by atoms with Crippen LogP contribution >= 0.6 is 11.8 Å². The molecule has 0 spiro atoms. The first kappa shape index (κ1) is 15.7. The van der Waals surface area contributed by atoms with Crippen molar-refractivity contribution >= 4 is 23.6 Å². The van der Waals surface area contributed by atoms with Gasteiger partial charge in [0, 0.05) is 24.2 Å². The number of benzene rings is 1. The second-order valence-electron chi connectivity index (χ2n) is 5.37. The van der Waals surface area contributed by atoms with Crippen LogP contribution in [0.2, 0.25) is 0 Å². The molecule has 0 aliphatic carbocycles. The molecule has 1 saturated heterocycles. The zero-order valence-corrected chi connectivity index (χ0v) is 13.7. The fourth-order valence-corrected chi connectivity index (χ4v) is 3.26. The molecule has 1 fully saturated rings. The van der Waals surface area contributed by atoms with E-state index in [0.717, 1.165) is 23.4 Å². The third-order valence-electron chi connectivity index (χ3n) is 3.60. The molecule has 1 aliphatic heterocycles. The lowest BCUT2D eigenvalue weighted by Crippen LogP contribution is -2.33. The van der Waals surface area contributed by atoms with Gasteiger partial charge in [0.25, 0.3) is 0 Å². The van der Waals surface area contributed by atoms with Crippen molar-refractivity contribution in [3.8, 4) is 11.3 Å². The molecule has 0 N–H and O–H groups in total.